The largest absolute Gasteiger partial charge is 0.352 e. The zero-order valence-corrected chi connectivity index (χ0v) is 12.9. The normalized spacial score (nSPS) is 10.8. The summed E-state index contributed by atoms with van der Waals surface area (Å²) >= 11 is 0. The van der Waals surface area contributed by atoms with Crippen LogP contribution in [0.4, 0.5) is 0 Å². The van der Waals surface area contributed by atoms with Crippen LogP contribution >= 0.6 is 0 Å². The summed E-state index contributed by atoms with van der Waals surface area (Å²) in [6.07, 6.45) is 4.19. The van der Waals surface area contributed by atoms with E-state index in [1.54, 1.807) is 19.3 Å². The minimum absolute atomic E-state index is 0.192. The molecule has 0 aliphatic rings. The molecule has 0 aliphatic carbocycles. The van der Waals surface area contributed by atoms with Crippen LogP contribution in [0, 0.1) is 0 Å². The summed E-state index contributed by atoms with van der Waals surface area (Å²) in [5.74, 6) is -0.224. The lowest BCUT2D eigenvalue weighted by molar-refractivity contribution is 0.0952. The number of amides is 1. The van der Waals surface area contributed by atoms with Gasteiger partial charge in [-0.25, -0.2) is 4.98 Å². The maximum Gasteiger partial charge on any atom is 0.251 e. The Morgan fingerprint density at radius 3 is 2.91 bits per heavy atom. The zero-order valence-electron chi connectivity index (χ0n) is 12.9. The Balaban J connectivity index is 1.54. The Morgan fingerprint density at radius 1 is 1.26 bits per heavy atom. The summed E-state index contributed by atoms with van der Waals surface area (Å²) in [5.41, 5.74) is 2.26. The van der Waals surface area contributed by atoms with Crippen molar-refractivity contribution in [2.24, 2.45) is 7.05 Å². The van der Waals surface area contributed by atoms with Crippen LogP contribution in [0.3, 0.4) is 0 Å². The highest BCUT2D eigenvalue weighted by atomic mass is 16.2. The number of carbonyl (C=O) groups is 1. The maximum atomic E-state index is 12.0. The lowest BCUT2D eigenvalue weighted by Gasteiger charge is -2.07. The molecule has 1 N–H and O–H groups in total. The predicted molar refractivity (Wildman–Crippen MR) is 88.4 cm³/mol. The van der Waals surface area contributed by atoms with Crippen LogP contribution in [0.5, 0.6) is 0 Å². The van der Waals surface area contributed by atoms with Crippen LogP contribution in [0.15, 0.2) is 53.7 Å². The van der Waals surface area contributed by atoms with Gasteiger partial charge in [-0.15, -0.1) is 0 Å². The van der Waals surface area contributed by atoms with E-state index < -0.39 is 0 Å². The molecular formula is C17H18N4O2. The van der Waals surface area contributed by atoms with Crippen molar-refractivity contribution in [1.29, 1.82) is 0 Å². The molecule has 0 aliphatic heterocycles. The number of para-hydroxylation sites is 2. The molecule has 6 heteroatoms. The molecular weight excluding hydrogens is 292 g/mol. The van der Waals surface area contributed by atoms with Gasteiger partial charge in [-0.2, -0.15) is 0 Å². The van der Waals surface area contributed by atoms with Gasteiger partial charge in [0.1, 0.15) is 0 Å². The lowest BCUT2D eigenvalue weighted by atomic mass is 10.2. The summed E-state index contributed by atoms with van der Waals surface area (Å²) in [4.78, 5) is 27.9. The number of aryl methyl sites for hydroxylation is 2. The Labute approximate surface area is 133 Å². The molecule has 0 saturated heterocycles. The first-order chi connectivity index (χ1) is 11.1. The smallest absolute Gasteiger partial charge is 0.251 e. The van der Waals surface area contributed by atoms with Crippen molar-refractivity contribution >= 4 is 16.9 Å². The zero-order chi connectivity index (χ0) is 16.2. The van der Waals surface area contributed by atoms with Crippen molar-refractivity contribution in [3.8, 4) is 0 Å². The molecule has 0 bridgehead atoms. The number of hydrogen-bond donors (Lipinski definition) is 1. The lowest BCUT2D eigenvalue weighted by Crippen LogP contribution is -2.27. The standard InChI is InChI=1S/C17H18N4O2/c1-20-10-7-13(11-16(20)22)17(23)18-8-4-9-21-12-19-14-5-2-3-6-15(14)21/h2-3,5-7,10-12H,4,8-9H2,1H3,(H,18,23). The molecule has 0 saturated carbocycles. The van der Waals surface area contributed by atoms with Crippen LogP contribution in [-0.2, 0) is 13.6 Å². The number of rotatable bonds is 5. The maximum absolute atomic E-state index is 12.0. The minimum atomic E-state index is -0.224. The number of nitrogens with zero attached hydrogens (tertiary/aromatic N) is 3. The van der Waals surface area contributed by atoms with Crippen molar-refractivity contribution in [3.63, 3.8) is 0 Å². The Morgan fingerprint density at radius 2 is 2.09 bits per heavy atom. The van der Waals surface area contributed by atoms with E-state index >= 15 is 0 Å². The molecule has 0 atom stereocenters. The van der Waals surface area contributed by atoms with Gasteiger partial charge in [0.15, 0.2) is 0 Å². The third-order valence-electron chi connectivity index (χ3n) is 3.76. The number of nitrogens with one attached hydrogen (secondary N) is 1. The van der Waals surface area contributed by atoms with Gasteiger partial charge in [-0.1, -0.05) is 12.1 Å². The fourth-order valence-corrected chi connectivity index (χ4v) is 2.43. The van der Waals surface area contributed by atoms with Gasteiger partial charge < -0.3 is 14.5 Å². The van der Waals surface area contributed by atoms with E-state index in [9.17, 15) is 9.59 Å². The Bertz CT molecular complexity index is 895. The predicted octanol–water partition coefficient (Wildman–Crippen LogP) is 1.56. The second kappa shape index (κ2) is 6.48. The summed E-state index contributed by atoms with van der Waals surface area (Å²) in [7, 11) is 1.65. The van der Waals surface area contributed by atoms with Crippen molar-refractivity contribution in [1.82, 2.24) is 19.4 Å². The van der Waals surface area contributed by atoms with E-state index in [1.165, 1.54) is 10.6 Å². The number of carbonyl (C=O) groups excluding carboxylic acids is 1. The van der Waals surface area contributed by atoms with Crippen molar-refractivity contribution in [3.05, 3.63) is 64.8 Å². The van der Waals surface area contributed by atoms with E-state index in [-0.39, 0.29) is 11.5 Å². The number of pyridine rings is 1. The van der Waals surface area contributed by atoms with E-state index in [0.717, 1.165) is 24.0 Å². The highest BCUT2D eigenvalue weighted by Crippen LogP contribution is 2.11. The second-order valence-electron chi connectivity index (χ2n) is 5.40. The molecule has 0 unspecified atom stereocenters. The molecule has 0 spiro atoms. The average Bonchev–Trinajstić information content (AvgIpc) is 2.97. The third-order valence-corrected chi connectivity index (χ3v) is 3.76. The molecule has 3 aromatic rings. The van der Waals surface area contributed by atoms with E-state index in [1.807, 2.05) is 30.6 Å². The highest BCUT2D eigenvalue weighted by molar-refractivity contribution is 5.93. The topological polar surface area (TPSA) is 68.9 Å². The Kier molecular flexibility index (Phi) is 4.23. The van der Waals surface area contributed by atoms with Gasteiger partial charge in [-0.3, -0.25) is 9.59 Å². The first kappa shape index (κ1) is 15.0. The van der Waals surface area contributed by atoms with Crippen LogP contribution < -0.4 is 10.9 Å². The first-order valence-electron chi connectivity index (χ1n) is 7.50. The molecule has 2 heterocycles. The van der Waals surface area contributed by atoms with Gasteiger partial charge >= 0.3 is 0 Å². The second-order valence-corrected chi connectivity index (χ2v) is 5.40. The number of fused-ring (bicyclic) bond motifs is 1. The molecule has 118 valence electrons. The summed E-state index contributed by atoms with van der Waals surface area (Å²) in [6, 6.07) is 10.9. The summed E-state index contributed by atoms with van der Waals surface area (Å²) < 4.78 is 3.50. The molecule has 3 rings (SSSR count). The van der Waals surface area contributed by atoms with Gasteiger partial charge in [0.2, 0.25) is 0 Å². The minimum Gasteiger partial charge on any atom is -0.352 e. The van der Waals surface area contributed by atoms with Crippen LogP contribution in [-0.4, -0.2) is 26.6 Å². The molecule has 2 aromatic heterocycles. The molecule has 6 nitrogen and oxygen atoms in total. The molecule has 0 fully saturated rings. The van der Waals surface area contributed by atoms with Gasteiger partial charge in [0.25, 0.3) is 11.5 Å². The van der Waals surface area contributed by atoms with Gasteiger partial charge in [-0.05, 0) is 24.6 Å². The van der Waals surface area contributed by atoms with Crippen LogP contribution in [0.25, 0.3) is 11.0 Å². The molecule has 1 aromatic carbocycles. The number of aromatic nitrogens is 3. The fourth-order valence-electron chi connectivity index (χ4n) is 2.43. The number of benzene rings is 1. The fraction of sp³-hybridized carbons (Fsp3) is 0.235. The van der Waals surface area contributed by atoms with E-state index in [2.05, 4.69) is 14.9 Å². The summed E-state index contributed by atoms with van der Waals surface area (Å²) in [6.45, 7) is 1.32. The molecule has 1 amide bonds. The van der Waals surface area contributed by atoms with E-state index in [0.29, 0.717) is 12.1 Å². The molecule has 23 heavy (non-hydrogen) atoms. The molecule has 0 radical (unpaired) electrons. The van der Waals surface area contributed by atoms with Crippen molar-refractivity contribution in [2.75, 3.05) is 6.54 Å². The van der Waals surface area contributed by atoms with Crippen molar-refractivity contribution < 1.29 is 4.79 Å². The van der Waals surface area contributed by atoms with Crippen LogP contribution in [0.1, 0.15) is 16.8 Å². The van der Waals surface area contributed by atoms with Gasteiger partial charge in [0.05, 0.1) is 17.4 Å². The highest BCUT2D eigenvalue weighted by Gasteiger charge is 2.06. The van der Waals surface area contributed by atoms with E-state index in [4.69, 9.17) is 0 Å². The SMILES string of the molecule is Cn1ccc(C(=O)NCCCn2cnc3ccccc32)cc1=O. The van der Waals surface area contributed by atoms with Crippen molar-refractivity contribution in [2.45, 2.75) is 13.0 Å². The summed E-state index contributed by atoms with van der Waals surface area (Å²) in [5, 5.41) is 2.84. The third kappa shape index (κ3) is 3.31. The monoisotopic (exact) mass is 310 g/mol. The Hall–Kier alpha value is -2.89. The number of imidazole rings is 1. The van der Waals surface area contributed by atoms with Crippen LogP contribution in [0.2, 0.25) is 0 Å². The average molecular weight is 310 g/mol. The van der Waals surface area contributed by atoms with Gasteiger partial charge in [0, 0.05) is 38.0 Å². The number of hydrogen-bond acceptors (Lipinski definition) is 3. The first-order valence-corrected chi connectivity index (χ1v) is 7.50. The quantitative estimate of drug-likeness (QED) is 0.727.